The van der Waals surface area contributed by atoms with Crippen molar-refractivity contribution in [2.45, 2.75) is 12.8 Å². The molecule has 2 aromatic rings. The first kappa shape index (κ1) is 20.3. The molecule has 5 nitrogen and oxygen atoms in total. The number of hydrogen-bond donors (Lipinski definition) is 2. The molecule has 0 bridgehead atoms. The SMILES string of the molecule is N#CCC(=O)c1ccccc1OC(F)(F)F.NNc1ccccc1Cl. The predicted octanol–water partition coefficient (Wildman–Crippen LogP) is 4.31. The van der Waals surface area contributed by atoms with Crippen LogP contribution in [0.5, 0.6) is 5.75 Å². The second kappa shape index (κ2) is 9.52. The van der Waals surface area contributed by atoms with Crippen molar-refractivity contribution in [3.05, 3.63) is 59.1 Å². The van der Waals surface area contributed by atoms with Crippen molar-refractivity contribution in [2.24, 2.45) is 5.84 Å². The predicted molar refractivity (Wildman–Crippen MR) is 86.9 cm³/mol. The van der Waals surface area contributed by atoms with Crippen LogP contribution in [0, 0.1) is 11.3 Å². The fourth-order valence-electron chi connectivity index (χ4n) is 1.66. The molecule has 0 saturated carbocycles. The fraction of sp³-hybridized carbons (Fsp3) is 0.125. The second-order valence-corrected chi connectivity index (χ2v) is 4.83. The number of carbonyl (C=O) groups is 1. The highest BCUT2D eigenvalue weighted by molar-refractivity contribution is 6.33. The number of hydrogen-bond acceptors (Lipinski definition) is 5. The van der Waals surface area contributed by atoms with Gasteiger partial charge in [0.05, 0.1) is 28.8 Å². The monoisotopic (exact) mass is 371 g/mol. The van der Waals surface area contributed by atoms with E-state index in [0.29, 0.717) is 5.02 Å². The Bertz CT molecular complexity index is 761. The summed E-state index contributed by atoms with van der Waals surface area (Å²) in [4.78, 5) is 11.3. The van der Waals surface area contributed by atoms with E-state index in [9.17, 15) is 18.0 Å². The van der Waals surface area contributed by atoms with Crippen LogP contribution in [0.3, 0.4) is 0 Å². The quantitative estimate of drug-likeness (QED) is 0.475. The molecule has 2 aromatic carbocycles. The number of nitrogens with zero attached hydrogens (tertiary/aromatic N) is 1. The Morgan fingerprint density at radius 2 is 1.80 bits per heavy atom. The third kappa shape index (κ3) is 7.12. The number of benzene rings is 2. The molecule has 0 aliphatic carbocycles. The van der Waals surface area contributed by atoms with Crippen LogP contribution < -0.4 is 16.0 Å². The van der Waals surface area contributed by atoms with Gasteiger partial charge in [0.1, 0.15) is 5.75 Å². The Hall–Kier alpha value is -2.76. The Labute approximate surface area is 146 Å². The Kier molecular flexibility index (Phi) is 7.72. The number of ketones is 1. The first-order chi connectivity index (χ1) is 11.8. The zero-order valence-corrected chi connectivity index (χ0v) is 13.4. The van der Waals surface area contributed by atoms with E-state index in [1.54, 1.807) is 12.1 Å². The maximum absolute atomic E-state index is 12.0. The Balaban J connectivity index is 0.000000293. The van der Waals surface area contributed by atoms with Crippen LogP contribution in [0.2, 0.25) is 5.02 Å². The van der Waals surface area contributed by atoms with Gasteiger partial charge >= 0.3 is 6.36 Å². The summed E-state index contributed by atoms with van der Waals surface area (Å²) in [5.74, 6) is 3.82. The van der Waals surface area contributed by atoms with Gasteiger partial charge in [0, 0.05) is 0 Å². The van der Waals surface area contributed by atoms with Crippen LogP contribution in [-0.4, -0.2) is 12.1 Å². The summed E-state index contributed by atoms with van der Waals surface area (Å²) in [5.41, 5.74) is 2.96. The number of nitriles is 1. The zero-order valence-electron chi connectivity index (χ0n) is 12.7. The van der Waals surface area contributed by atoms with Gasteiger partial charge in [-0.15, -0.1) is 13.2 Å². The van der Waals surface area contributed by atoms with Gasteiger partial charge in [-0.3, -0.25) is 10.6 Å². The van der Waals surface area contributed by atoms with E-state index in [1.807, 2.05) is 18.2 Å². The fourth-order valence-corrected chi connectivity index (χ4v) is 1.85. The highest BCUT2D eigenvalue weighted by Crippen LogP contribution is 2.26. The van der Waals surface area contributed by atoms with Gasteiger partial charge in [0.15, 0.2) is 5.78 Å². The van der Waals surface area contributed by atoms with Crippen LogP contribution in [-0.2, 0) is 0 Å². The third-order valence-corrected chi connectivity index (χ3v) is 3.01. The average Bonchev–Trinajstić information content (AvgIpc) is 2.55. The minimum Gasteiger partial charge on any atom is -0.405 e. The number of nitrogen functional groups attached to an aromatic ring is 1. The zero-order chi connectivity index (χ0) is 18.9. The van der Waals surface area contributed by atoms with E-state index < -0.39 is 24.3 Å². The molecular formula is C16H13ClF3N3O2. The van der Waals surface area contributed by atoms with E-state index in [0.717, 1.165) is 11.8 Å². The number of Topliss-reactive ketones (excluding diaryl/α,β-unsaturated/α-hetero) is 1. The lowest BCUT2D eigenvalue weighted by atomic mass is 10.1. The number of alkyl halides is 3. The van der Waals surface area contributed by atoms with Gasteiger partial charge in [0.2, 0.25) is 0 Å². The summed E-state index contributed by atoms with van der Waals surface area (Å²) in [6, 6.07) is 13.8. The highest BCUT2D eigenvalue weighted by Gasteiger charge is 2.32. The van der Waals surface area contributed by atoms with Gasteiger partial charge in [-0.05, 0) is 24.3 Å². The third-order valence-electron chi connectivity index (χ3n) is 2.68. The van der Waals surface area contributed by atoms with Gasteiger partial charge in [-0.25, -0.2) is 0 Å². The van der Waals surface area contributed by atoms with Crippen molar-refractivity contribution in [3.63, 3.8) is 0 Å². The molecular weight excluding hydrogens is 359 g/mol. The standard InChI is InChI=1S/C10H6F3NO2.C6H7ClN2/c11-10(12,13)16-9-4-2-1-3-7(9)8(15)5-6-14;7-5-3-1-2-4-6(5)9-8/h1-4H,5H2;1-4,9H,8H2. The largest absolute Gasteiger partial charge is 0.573 e. The molecule has 0 heterocycles. The first-order valence-corrected chi connectivity index (χ1v) is 7.12. The molecule has 9 heteroatoms. The number of anilines is 1. The highest BCUT2D eigenvalue weighted by atomic mass is 35.5. The molecule has 0 fully saturated rings. The summed E-state index contributed by atoms with van der Waals surface area (Å²) in [6.45, 7) is 0. The lowest BCUT2D eigenvalue weighted by Crippen LogP contribution is -2.19. The van der Waals surface area contributed by atoms with Crippen molar-refractivity contribution in [1.82, 2.24) is 0 Å². The number of hydrazine groups is 1. The van der Waals surface area contributed by atoms with Crippen molar-refractivity contribution in [3.8, 4) is 11.8 Å². The topological polar surface area (TPSA) is 88.1 Å². The molecule has 0 aliphatic heterocycles. The first-order valence-electron chi connectivity index (χ1n) is 6.74. The van der Waals surface area contributed by atoms with E-state index in [1.165, 1.54) is 18.2 Å². The minimum atomic E-state index is -4.86. The molecule has 0 spiro atoms. The van der Waals surface area contributed by atoms with E-state index in [2.05, 4.69) is 10.2 Å². The van der Waals surface area contributed by atoms with Crippen molar-refractivity contribution in [1.29, 1.82) is 5.26 Å². The molecule has 0 atom stereocenters. The van der Waals surface area contributed by atoms with Crippen LogP contribution in [0.4, 0.5) is 18.9 Å². The molecule has 3 N–H and O–H groups in total. The summed E-state index contributed by atoms with van der Waals surface area (Å²) in [7, 11) is 0. The lowest BCUT2D eigenvalue weighted by Gasteiger charge is -2.11. The van der Waals surface area contributed by atoms with E-state index >= 15 is 0 Å². The number of ether oxygens (including phenoxy) is 1. The number of nitrogens with two attached hydrogens (primary N) is 1. The maximum atomic E-state index is 12.0. The molecule has 2 rings (SSSR count). The smallest absolute Gasteiger partial charge is 0.405 e. The molecule has 0 unspecified atom stereocenters. The van der Waals surface area contributed by atoms with E-state index in [4.69, 9.17) is 22.7 Å². The van der Waals surface area contributed by atoms with Crippen molar-refractivity contribution in [2.75, 3.05) is 5.43 Å². The normalized spacial score (nSPS) is 10.1. The van der Waals surface area contributed by atoms with Crippen LogP contribution in [0.15, 0.2) is 48.5 Å². The molecule has 25 heavy (non-hydrogen) atoms. The van der Waals surface area contributed by atoms with Gasteiger partial charge in [0.25, 0.3) is 0 Å². The summed E-state index contributed by atoms with van der Waals surface area (Å²) in [5, 5.41) is 8.93. The van der Waals surface area contributed by atoms with Crippen LogP contribution >= 0.6 is 11.6 Å². The molecule has 0 radical (unpaired) electrons. The molecule has 132 valence electrons. The van der Waals surface area contributed by atoms with E-state index in [-0.39, 0.29) is 5.56 Å². The number of nitrogens with one attached hydrogen (secondary N) is 1. The number of rotatable bonds is 4. The van der Waals surface area contributed by atoms with Gasteiger partial charge < -0.3 is 10.2 Å². The summed E-state index contributed by atoms with van der Waals surface area (Å²) in [6.07, 6.45) is -5.35. The van der Waals surface area contributed by atoms with Crippen LogP contribution in [0.25, 0.3) is 0 Å². The molecule has 0 aromatic heterocycles. The van der Waals surface area contributed by atoms with Crippen molar-refractivity contribution < 1.29 is 22.7 Å². The molecule has 0 saturated heterocycles. The second-order valence-electron chi connectivity index (χ2n) is 4.43. The Morgan fingerprint density at radius 3 is 2.32 bits per heavy atom. The number of para-hydroxylation sites is 2. The van der Waals surface area contributed by atoms with Gasteiger partial charge in [-0.1, -0.05) is 35.9 Å². The van der Waals surface area contributed by atoms with Crippen LogP contribution in [0.1, 0.15) is 16.8 Å². The lowest BCUT2D eigenvalue weighted by molar-refractivity contribution is -0.274. The average molecular weight is 372 g/mol. The molecule has 0 aliphatic rings. The number of carbonyl (C=O) groups excluding carboxylic acids is 1. The minimum absolute atomic E-state index is 0.249. The Morgan fingerprint density at radius 1 is 1.20 bits per heavy atom. The summed E-state index contributed by atoms with van der Waals surface area (Å²) < 4.78 is 39.6. The van der Waals surface area contributed by atoms with Gasteiger partial charge in [-0.2, -0.15) is 5.26 Å². The summed E-state index contributed by atoms with van der Waals surface area (Å²) >= 11 is 5.68. The number of halogens is 4. The molecule has 0 amide bonds. The maximum Gasteiger partial charge on any atom is 0.573 e. The van der Waals surface area contributed by atoms with Crippen molar-refractivity contribution >= 4 is 23.1 Å².